The lowest BCUT2D eigenvalue weighted by molar-refractivity contribution is -0.139. The second-order valence-electron chi connectivity index (χ2n) is 11.9. The van der Waals surface area contributed by atoms with Crippen LogP contribution in [-0.2, 0) is 31.3 Å². The van der Waals surface area contributed by atoms with Crippen LogP contribution in [0.15, 0.2) is 34.3 Å². The molecule has 4 heterocycles. The molecule has 2 saturated heterocycles. The van der Waals surface area contributed by atoms with Crippen molar-refractivity contribution in [3.63, 3.8) is 0 Å². The van der Waals surface area contributed by atoms with Crippen molar-refractivity contribution in [1.82, 2.24) is 14.2 Å². The number of alkyl halides is 3. The molecule has 1 aromatic heterocycles. The van der Waals surface area contributed by atoms with E-state index in [0.29, 0.717) is 38.0 Å². The maximum absolute atomic E-state index is 14.0. The molecule has 2 aromatic rings. The van der Waals surface area contributed by atoms with E-state index < -0.39 is 32.8 Å². The normalized spacial score (nSPS) is 22.7. The molecule has 5 N–H and O–H groups in total. The monoisotopic (exact) mass is 643 g/mol. The average Bonchev–Trinajstić information content (AvgIpc) is 3.43. The van der Waals surface area contributed by atoms with E-state index in [2.05, 4.69) is 25.5 Å². The Balaban J connectivity index is 1.39. The molecule has 1 aromatic carbocycles. The number of benzene rings is 1. The minimum absolute atomic E-state index is 0.0156. The zero-order chi connectivity index (χ0) is 31.9. The van der Waals surface area contributed by atoms with Gasteiger partial charge in [0.25, 0.3) is 0 Å². The minimum Gasteiger partial charge on any atom is -0.495 e. The van der Waals surface area contributed by atoms with Gasteiger partial charge >= 0.3 is 6.18 Å². The van der Waals surface area contributed by atoms with Gasteiger partial charge in [0.1, 0.15) is 17.2 Å². The number of nitrogens with zero attached hydrogens (tertiary/aromatic N) is 3. The van der Waals surface area contributed by atoms with Crippen LogP contribution < -0.4 is 21.1 Å². The van der Waals surface area contributed by atoms with Gasteiger partial charge in [-0.25, -0.2) is 13.4 Å². The summed E-state index contributed by atoms with van der Waals surface area (Å²) < 4.78 is 86.8. The molecule has 0 saturated carbocycles. The number of nitrogens with one attached hydrogen (secondary N) is 3. The first-order chi connectivity index (χ1) is 20.7. The van der Waals surface area contributed by atoms with Gasteiger partial charge in [0.2, 0.25) is 16.0 Å². The number of morpholine rings is 1. The summed E-state index contributed by atoms with van der Waals surface area (Å²) in [6.07, 6.45) is -2.36. The predicted molar refractivity (Wildman–Crippen MR) is 159 cm³/mol. The number of guanidine groups is 1. The van der Waals surface area contributed by atoms with E-state index in [0.717, 1.165) is 32.1 Å². The van der Waals surface area contributed by atoms with Crippen molar-refractivity contribution in [3.05, 3.63) is 35.5 Å². The predicted octanol–water partition coefficient (Wildman–Crippen LogP) is 3.21. The van der Waals surface area contributed by atoms with Crippen molar-refractivity contribution in [1.29, 1.82) is 0 Å². The average molecular weight is 644 g/mol. The number of fused-ring (bicyclic) bond motifs is 1. The SMILES string of the molecule is COCC(C)(C)C1(N)N=C(Nc2ccc(S(=O)(=O)N3CCC(N4CCOCC4)CC3)cc2OC)Nc2[nH]cc(C(F)(F)F)c21. The van der Waals surface area contributed by atoms with Crippen LogP contribution in [0.3, 0.4) is 0 Å². The van der Waals surface area contributed by atoms with Crippen LogP contribution >= 0.6 is 0 Å². The van der Waals surface area contributed by atoms with E-state index >= 15 is 0 Å². The highest BCUT2D eigenvalue weighted by Crippen LogP contribution is 2.49. The van der Waals surface area contributed by atoms with Crippen LogP contribution in [0.25, 0.3) is 0 Å². The van der Waals surface area contributed by atoms with Gasteiger partial charge in [0.15, 0.2) is 0 Å². The fraction of sp³-hybridized carbons (Fsp3) is 0.607. The molecule has 1 atom stereocenters. The van der Waals surface area contributed by atoms with Crippen molar-refractivity contribution in [3.8, 4) is 5.75 Å². The fourth-order valence-electron chi connectivity index (χ4n) is 6.14. The molecular formula is C28H40F3N7O5S. The number of aromatic nitrogens is 1. The third kappa shape index (κ3) is 6.02. The Bertz CT molecular complexity index is 1480. The Morgan fingerprint density at radius 1 is 1.16 bits per heavy atom. The molecule has 16 heteroatoms. The van der Waals surface area contributed by atoms with Crippen molar-refractivity contribution >= 4 is 27.5 Å². The largest absolute Gasteiger partial charge is 0.495 e. The van der Waals surface area contributed by atoms with Gasteiger partial charge in [-0.1, -0.05) is 13.8 Å². The van der Waals surface area contributed by atoms with Gasteiger partial charge in [0.05, 0.1) is 43.1 Å². The first-order valence-electron chi connectivity index (χ1n) is 14.4. The summed E-state index contributed by atoms with van der Waals surface area (Å²) in [7, 11) is -0.971. The molecule has 0 radical (unpaired) electrons. The molecule has 0 aliphatic carbocycles. The Labute approximate surface area is 255 Å². The molecule has 5 rings (SSSR count). The molecule has 2 fully saturated rings. The molecule has 0 amide bonds. The lowest BCUT2D eigenvalue weighted by Gasteiger charge is -2.43. The number of anilines is 2. The van der Waals surface area contributed by atoms with Gasteiger partial charge in [-0.15, -0.1) is 0 Å². The zero-order valence-corrected chi connectivity index (χ0v) is 26.1. The Morgan fingerprint density at radius 2 is 1.84 bits per heavy atom. The van der Waals surface area contributed by atoms with E-state index in [1.807, 2.05) is 0 Å². The number of rotatable bonds is 8. The minimum atomic E-state index is -4.68. The Hall–Kier alpha value is -2.89. The van der Waals surface area contributed by atoms with E-state index in [-0.39, 0.29) is 34.6 Å². The van der Waals surface area contributed by atoms with E-state index in [1.54, 1.807) is 13.8 Å². The number of aromatic amines is 1. The number of halogens is 3. The number of hydrogen-bond donors (Lipinski definition) is 4. The summed E-state index contributed by atoms with van der Waals surface area (Å²) in [5.74, 6) is 0.268. The summed E-state index contributed by atoms with van der Waals surface area (Å²) in [6, 6.07) is 4.73. The molecule has 12 nitrogen and oxygen atoms in total. The quantitative estimate of drug-likeness (QED) is 0.341. The second kappa shape index (κ2) is 12.1. The maximum atomic E-state index is 14.0. The highest BCUT2D eigenvalue weighted by atomic mass is 32.2. The topological polar surface area (TPSA) is 147 Å². The Morgan fingerprint density at radius 3 is 2.45 bits per heavy atom. The summed E-state index contributed by atoms with van der Waals surface area (Å²) >= 11 is 0. The summed E-state index contributed by atoms with van der Waals surface area (Å²) in [6.45, 7) is 7.26. The molecule has 0 bridgehead atoms. The molecular weight excluding hydrogens is 603 g/mol. The zero-order valence-electron chi connectivity index (χ0n) is 25.3. The highest BCUT2D eigenvalue weighted by Gasteiger charge is 2.53. The number of nitrogens with two attached hydrogens (primary N) is 1. The van der Waals surface area contributed by atoms with Crippen LogP contribution in [0.5, 0.6) is 5.75 Å². The van der Waals surface area contributed by atoms with Crippen molar-refractivity contribution in [2.75, 3.05) is 70.9 Å². The number of piperidine rings is 1. The molecule has 244 valence electrons. The van der Waals surface area contributed by atoms with Crippen molar-refractivity contribution in [2.24, 2.45) is 16.1 Å². The number of ether oxygens (including phenoxy) is 3. The number of aliphatic imine (C=N–C) groups is 1. The lowest BCUT2D eigenvalue weighted by Crippen LogP contribution is -2.54. The first kappa shape index (κ1) is 32.5. The number of hydrogen-bond acceptors (Lipinski definition) is 10. The van der Waals surface area contributed by atoms with Crippen LogP contribution in [0.4, 0.5) is 24.7 Å². The van der Waals surface area contributed by atoms with Crippen LogP contribution in [0.2, 0.25) is 0 Å². The molecule has 1 unspecified atom stereocenters. The third-order valence-electron chi connectivity index (χ3n) is 8.68. The molecule has 44 heavy (non-hydrogen) atoms. The summed E-state index contributed by atoms with van der Waals surface area (Å²) in [5, 5.41) is 5.88. The van der Waals surface area contributed by atoms with Crippen molar-refractivity contribution in [2.45, 2.75) is 49.5 Å². The highest BCUT2D eigenvalue weighted by molar-refractivity contribution is 7.89. The maximum Gasteiger partial charge on any atom is 0.418 e. The van der Waals surface area contributed by atoms with Gasteiger partial charge < -0.3 is 35.6 Å². The number of H-pyrrole nitrogens is 1. The second-order valence-corrected chi connectivity index (χ2v) is 13.8. The van der Waals surface area contributed by atoms with Crippen molar-refractivity contribution < 1.29 is 35.8 Å². The smallest absolute Gasteiger partial charge is 0.418 e. The van der Waals surface area contributed by atoms with E-state index in [4.69, 9.17) is 19.9 Å². The standard InChI is InChI=1S/C28H40F3N7O5S/c1-26(2,17-41-3)27(32)23-20(28(29,30)31)16-33-24(23)35-25(36-27)34-21-6-5-19(15-22(21)42-4)44(39,40)38-9-7-18(8-10-38)37-11-13-43-14-12-37/h5-6,15-16,18,33H,7-14,17,32H2,1-4H3,(H2,34,35,36). The number of methoxy groups -OCH3 is 2. The van der Waals surface area contributed by atoms with Gasteiger partial charge in [-0.3, -0.25) is 4.90 Å². The van der Waals surface area contributed by atoms with Crippen LogP contribution in [0, 0.1) is 5.41 Å². The Kier molecular flexibility index (Phi) is 8.96. The fourth-order valence-corrected chi connectivity index (χ4v) is 7.63. The van der Waals surface area contributed by atoms with E-state index in [9.17, 15) is 21.6 Å². The number of sulfonamides is 1. The van der Waals surface area contributed by atoms with Gasteiger partial charge in [-0.05, 0) is 25.0 Å². The summed E-state index contributed by atoms with van der Waals surface area (Å²) in [4.78, 5) is 9.60. The first-order valence-corrected chi connectivity index (χ1v) is 15.9. The molecule has 3 aliphatic rings. The lowest BCUT2D eigenvalue weighted by atomic mass is 9.74. The third-order valence-corrected chi connectivity index (χ3v) is 10.6. The van der Waals surface area contributed by atoms with Crippen LogP contribution in [-0.4, -0.2) is 94.8 Å². The van der Waals surface area contributed by atoms with E-state index in [1.165, 1.54) is 36.7 Å². The van der Waals surface area contributed by atoms with Gasteiger partial charge in [0, 0.05) is 62.6 Å². The van der Waals surface area contributed by atoms with Crippen LogP contribution in [0.1, 0.15) is 37.8 Å². The summed E-state index contributed by atoms with van der Waals surface area (Å²) in [5.41, 5.74) is 2.95. The van der Waals surface area contributed by atoms with Gasteiger partial charge in [-0.2, -0.15) is 17.5 Å². The molecule has 0 spiro atoms. The molecule has 3 aliphatic heterocycles.